The van der Waals surface area contributed by atoms with Crippen LogP contribution in [0.15, 0.2) is 0 Å². The van der Waals surface area contributed by atoms with Crippen LogP contribution >= 0.6 is 0 Å². The van der Waals surface area contributed by atoms with E-state index in [0.717, 1.165) is 30.2 Å². The molecule has 0 aliphatic carbocycles. The molecule has 1 amide bonds. The van der Waals surface area contributed by atoms with Crippen molar-refractivity contribution in [2.24, 2.45) is 5.73 Å². The molecule has 1 saturated heterocycles. The van der Waals surface area contributed by atoms with E-state index in [-0.39, 0.29) is 24.2 Å². The van der Waals surface area contributed by atoms with Crippen LogP contribution < -0.4 is 11.1 Å². The molecule has 0 saturated carbocycles. The fourth-order valence-corrected chi connectivity index (χ4v) is 2.60. The number of likely N-dealkylation sites (tertiary alicyclic amines) is 1. The molecule has 0 radical (unpaired) electrons. The molecule has 0 aromatic rings. The number of hydrogen-bond acceptors (Lipinski definition) is 5. The Kier molecular flexibility index (Phi) is 6.18. The van der Waals surface area contributed by atoms with Crippen molar-refractivity contribution in [1.29, 1.82) is 0 Å². The van der Waals surface area contributed by atoms with E-state index in [1.165, 1.54) is 14.1 Å². The van der Waals surface area contributed by atoms with Crippen LogP contribution in [0, 0.1) is 0 Å². The Hall–Kier alpha value is -0.700. The van der Waals surface area contributed by atoms with E-state index in [2.05, 4.69) is 5.32 Å². The van der Waals surface area contributed by atoms with Crippen LogP contribution in [0.5, 0.6) is 0 Å². The van der Waals surface area contributed by atoms with Crippen molar-refractivity contribution in [3.8, 4) is 0 Å². The summed E-state index contributed by atoms with van der Waals surface area (Å²) in [6.07, 6.45) is 1.81. The third-order valence-electron chi connectivity index (χ3n) is 3.24. The van der Waals surface area contributed by atoms with Gasteiger partial charge in [0.15, 0.2) is 0 Å². The molecule has 1 heterocycles. The maximum absolute atomic E-state index is 11.7. The number of rotatable bonds is 6. The highest BCUT2D eigenvalue weighted by Gasteiger charge is 2.18. The highest BCUT2D eigenvalue weighted by atomic mass is 32.2. The average Bonchev–Trinajstić information content (AvgIpc) is 2.31. The van der Waals surface area contributed by atoms with Gasteiger partial charge in [0, 0.05) is 39.8 Å². The van der Waals surface area contributed by atoms with Gasteiger partial charge >= 0.3 is 0 Å². The molecule has 1 aliphatic rings. The predicted molar refractivity (Wildman–Crippen MR) is 74.1 cm³/mol. The first-order valence-electron chi connectivity index (χ1n) is 6.46. The highest BCUT2D eigenvalue weighted by Crippen LogP contribution is 2.07. The quantitative estimate of drug-likeness (QED) is 0.616. The van der Waals surface area contributed by atoms with Crippen LogP contribution in [0.25, 0.3) is 0 Å². The van der Waals surface area contributed by atoms with Gasteiger partial charge in [-0.1, -0.05) is 0 Å². The minimum atomic E-state index is -3.25. The molecule has 1 fully saturated rings. The average molecular weight is 292 g/mol. The number of nitrogens with one attached hydrogen (secondary N) is 1. The van der Waals surface area contributed by atoms with Gasteiger partial charge in [0.05, 0.1) is 12.3 Å². The van der Waals surface area contributed by atoms with Gasteiger partial charge in [-0.05, 0) is 12.8 Å². The molecule has 19 heavy (non-hydrogen) atoms. The van der Waals surface area contributed by atoms with Crippen molar-refractivity contribution in [2.75, 3.05) is 46.0 Å². The molecule has 0 unspecified atom stereocenters. The van der Waals surface area contributed by atoms with Gasteiger partial charge in [0.1, 0.15) is 0 Å². The second-order valence-electron chi connectivity index (χ2n) is 5.06. The summed E-state index contributed by atoms with van der Waals surface area (Å²) in [6.45, 7) is 2.11. The lowest BCUT2D eigenvalue weighted by molar-refractivity contribution is -0.122. The summed E-state index contributed by atoms with van der Waals surface area (Å²) < 4.78 is 24.1. The Morgan fingerprint density at radius 3 is 2.47 bits per heavy atom. The summed E-state index contributed by atoms with van der Waals surface area (Å²) in [7, 11) is -0.285. The van der Waals surface area contributed by atoms with Crippen LogP contribution in [0.1, 0.15) is 12.8 Å². The minimum absolute atomic E-state index is 0.0728. The summed E-state index contributed by atoms with van der Waals surface area (Å²) in [5, 5.41) is 2.63. The summed E-state index contributed by atoms with van der Waals surface area (Å²) in [5.41, 5.74) is 5.79. The first kappa shape index (κ1) is 16.4. The number of carbonyl (C=O) groups excluding carboxylic acids is 1. The zero-order chi connectivity index (χ0) is 14.5. The molecule has 0 bridgehead atoms. The molecular formula is C11H24N4O3S. The van der Waals surface area contributed by atoms with Crippen LogP contribution in [0.3, 0.4) is 0 Å². The van der Waals surface area contributed by atoms with E-state index in [1.54, 1.807) is 0 Å². The molecule has 1 rings (SSSR count). The molecule has 0 aromatic carbocycles. The molecule has 112 valence electrons. The molecule has 0 aromatic heterocycles. The van der Waals surface area contributed by atoms with Gasteiger partial charge in [-0.2, -0.15) is 0 Å². The standard InChI is InChI=1S/C11H24N4O3S/c1-14(2)19(17,18)8-5-13-11(16)9-15-6-3-10(12)4-7-15/h10H,3-9,12H2,1-2H3,(H,13,16). The Labute approximate surface area is 115 Å². The van der Waals surface area contributed by atoms with Crippen LogP contribution in [-0.4, -0.2) is 75.6 Å². The van der Waals surface area contributed by atoms with E-state index in [0.29, 0.717) is 6.54 Å². The van der Waals surface area contributed by atoms with Gasteiger partial charge in [0.2, 0.25) is 15.9 Å². The van der Waals surface area contributed by atoms with E-state index in [9.17, 15) is 13.2 Å². The monoisotopic (exact) mass is 292 g/mol. The number of hydrogen-bond donors (Lipinski definition) is 2. The number of sulfonamides is 1. The lowest BCUT2D eigenvalue weighted by Crippen LogP contribution is -2.45. The maximum Gasteiger partial charge on any atom is 0.234 e. The molecule has 3 N–H and O–H groups in total. The van der Waals surface area contributed by atoms with Gasteiger partial charge in [-0.15, -0.1) is 0 Å². The first-order valence-corrected chi connectivity index (χ1v) is 8.07. The van der Waals surface area contributed by atoms with E-state index in [1.807, 2.05) is 4.90 Å². The van der Waals surface area contributed by atoms with Crippen molar-refractivity contribution in [2.45, 2.75) is 18.9 Å². The van der Waals surface area contributed by atoms with Crippen molar-refractivity contribution < 1.29 is 13.2 Å². The molecular weight excluding hydrogens is 268 g/mol. The topological polar surface area (TPSA) is 95.7 Å². The lowest BCUT2D eigenvalue weighted by Gasteiger charge is -2.29. The van der Waals surface area contributed by atoms with E-state index in [4.69, 9.17) is 5.73 Å². The molecule has 1 aliphatic heterocycles. The zero-order valence-corrected chi connectivity index (χ0v) is 12.4. The second-order valence-corrected chi connectivity index (χ2v) is 7.36. The van der Waals surface area contributed by atoms with Crippen LogP contribution in [0.2, 0.25) is 0 Å². The Bertz CT molecular complexity index is 389. The summed E-state index contributed by atoms with van der Waals surface area (Å²) in [6, 6.07) is 0.240. The second kappa shape index (κ2) is 7.18. The SMILES string of the molecule is CN(C)S(=O)(=O)CCNC(=O)CN1CCC(N)CC1. The molecule has 0 atom stereocenters. The van der Waals surface area contributed by atoms with Crippen molar-refractivity contribution in [3.05, 3.63) is 0 Å². The van der Waals surface area contributed by atoms with Crippen LogP contribution in [-0.2, 0) is 14.8 Å². The lowest BCUT2D eigenvalue weighted by atomic mass is 10.1. The Morgan fingerprint density at radius 1 is 1.37 bits per heavy atom. The fraction of sp³-hybridized carbons (Fsp3) is 0.909. The van der Waals surface area contributed by atoms with Gasteiger partial charge in [-0.25, -0.2) is 12.7 Å². The third kappa shape index (κ3) is 5.85. The molecule has 0 spiro atoms. The van der Waals surface area contributed by atoms with Crippen molar-refractivity contribution >= 4 is 15.9 Å². The molecule has 7 nitrogen and oxygen atoms in total. The van der Waals surface area contributed by atoms with E-state index < -0.39 is 10.0 Å². The van der Waals surface area contributed by atoms with Gasteiger partial charge in [0.25, 0.3) is 0 Å². The smallest absolute Gasteiger partial charge is 0.234 e. The molecule has 8 heteroatoms. The van der Waals surface area contributed by atoms with Crippen molar-refractivity contribution in [1.82, 2.24) is 14.5 Å². The Balaban J connectivity index is 2.22. The predicted octanol–water partition coefficient (Wildman–Crippen LogP) is -1.58. The maximum atomic E-state index is 11.7. The van der Waals surface area contributed by atoms with E-state index >= 15 is 0 Å². The third-order valence-corrected chi connectivity index (χ3v) is 5.07. The van der Waals surface area contributed by atoms with Crippen molar-refractivity contribution in [3.63, 3.8) is 0 Å². The highest BCUT2D eigenvalue weighted by molar-refractivity contribution is 7.89. The number of carbonyl (C=O) groups is 1. The minimum Gasteiger partial charge on any atom is -0.354 e. The first-order chi connectivity index (χ1) is 8.81. The van der Waals surface area contributed by atoms with Gasteiger partial charge < -0.3 is 11.1 Å². The number of piperidine rings is 1. The van der Waals surface area contributed by atoms with Crippen LogP contribution in [0.4, 0.5) is 0 Å². The summed E-state index contributed by atoms with van der Waals surface area (Å²) in [5.74, 6) is -0.208. The fourth-order valence-electron chi connectivity index (χ4n) is 1.87. The Morgan fingerprint density at radius 2 is 1.95 bits per heavy atom. The zero-order valence-electron chi connectivity index (χ0n) is 11.6. The number of nitrogens with zero attached hydrogens (tertiary/aromatic N) is 2. The summed E-state index contributed by atoms with van der Waals surface area (Å²) in [4.78, 5) is 13.7. The number of amides is 1. The number of nitrogens with two attached hydrogens (primary N) is 1. The van der Waals surface area contributed by atoms with Gasteiger partial charge in [-0.3, -0.25) is 9.69 Å². The summed E-state index contributed by atoms with van der Waals surface area (Å²) >= 11 is 0. The normalized spacial score (nSPS) is 18.7. The largest absolute Gasteiger partial charge is 0.354 e.